The number of nitrogens with zero attached hydrogens (tertiary/aromatic N) is 5. The predicted molar refractivity (Wildman–Crippen MR) is 153 cm³/mol. The first kappa shape index (κ1) is 26.6. The maximum Gasteiger partial charge on any atom is 0.259 e. The smallest absolute Gasteiger partial charge is 0.259 e. The van der Waals surface area contributed by atoms with E-state index >= 15 is 0 Å². The minimum Gasteiger partial charge on any atom is -0.378 e. The first-order valence-corrected chi connectivity index (χ1v) is 13.7. The lowest BCUT2D eigenvalue weighted by atomic mass is 9.79. The summed E-state index contributed by atoms with van der Waals surface area (Å²) in [6, 6.07) is 18.2. The lowest BCUT2D eigenvalue weighted by molar-refractivity contribution is -0.0450. The van der Waals surface area contributed by atoms with Crippen LogP contribution in [0.25, 0.3) is 16.9 Å². The van der Waals surface area contributed by atoms with Gasteiger partial charge in [0.05, 0.1) is 22.9 Å². The van der Waals surface area contributed by atoms with Crippen LogP contribution in [0, 0.1) is 11.3 Å². The molecule has 7 heteroatoms. The van der Waals surface area contributed by atoms with Crippen molar-refractivity contribution in [3.8, 4) is 17.2 Å². The molecule has 0 spiro atoms. The second-order valence-corrected chi connectivity index (χ2v) is 10.5. The number of benzene rings is 2. The molecule has 1 fully saturated rings. The summed E-state index contributed by atoms with van der Waals surface area (Å²) in [5.41, 5.74) is 4.81. The Morgan fingerprint density at radius 3 is 2.64 bits per heavy atom. The van der Waals surface area contributed by atoms with E-state index in [0.717, 1.165) is 72.9 Å². The van der Waals surface area contributed by atoms with Crippen LogP contribution in [-0.4, -0.2) is 31.9 Å². The molecule has 2 aromatic carbocycles. The zero-order chi connectivity index (χ0) is 27.4. The van der Waals surface area contributed by atoms with E-state index in [2.05, 4.69) is 29.7 Å². The first-order chi connectivity index (χ1) is 19.0. The van der Waals surface area contributed by atoms with Gasteiger partial charge in [-0.3, -0.25) is 9.36 Å². The molecular weight excluding hydrogens is 486 g/mol. The third kappa shape index (κ3) is 5.05. The summed E-state index contributed by atoms with van der Waals surface area (Å²) in [5, 5.41) is 14.5. The largest absolute Gasteiger partial charge is 0.378 e. The van der Waals surface area contributed by atoms with Gasteiger partial charge in [0.1, 0.15) is 6.33 Å². The molecular formula is C32H35N5O2. The third-order valence-corrected chi connectivity index (χ3v) is 8.16. The van der Waals surface area contributed by atoms with Gasteiger partial charge in [0.25, 0.3) is 5.56 Å². The molecule has 4 aromatic rings. The summed E-state index contributed by atoms with van der Waals surface area (Å²) in [7, 11) is 1.77. The van der Waals surface area contributed by atoms with E-state index in [1.165, 1.54) is 6.33 Å². The Morgan fingerprint density at radius 2 is 1.97 bits per heavy atom. The van der Waals surface area contributed by atoms with Crippen LogP contribution in [-0.2, 0) is 17.6 Å². The highest BCUT2D eigenvalue weighted by Crippen LogP contribution is 2.39. The van der Waals surface area contributed by atoms with Gasteiger partial charge in [0.2, 0.25) is 5.78 Å². The maximum absolute atomic E-state index is 14.2. The molecule has 1 aliphatic carbocycles. The Hall–Kier alpha value is -4.02. The van der Waals surface area contributed by atoms with Crippen LogP contribution in [0.1, 0.15) is 73.9 Å². The molecule has 5 rings (SSSR count). The Bertz CT molecular complexity index is 1570. The van der Waals surface area contributed by atoms with Crippen LogP contribution in [0.3, 0.4) is 0 Å². The van der Waals surface area contributed by atoms with E-state index in [0.29, 0.717) is 17.8 Å². The molecule has 1 aliphatic rings. The van der Waals surface area contributed by atoms with Gasteiger partial charge in [-0.2, -0.15) is 15.3 Å². The number of ether oxygens (including phenoxy) is 1. The average molecular weight is 522 g/mol. The fourth-order valence-electron chi connectivity index (χ4n) is 6.09. The van der Waals surface area contributed by atoms with Crippen LogP contribution in [0.5, 0.6) is 0 Å². The first-order valence-electron chi connectivity index (χ1n) is 13.7. The normalized spacial score (nSPS) is 19.2. The lowest BCUT2D eigenvalue weighted by Crippen LogP contribution is -2.40. The predicted octanol–water partition coefficient (Wildman–Crippen LogP) is 6.05. The van der Waals surface area contributed by atoms with E-state index in [-0.39, 0.29) is 17.2 Å². The van der Waals surface area contributed by atoms with Crippen molar-refractivity contribution < 1.29 is 4.74 Å². The summed E-state index contributed by atoms with van der Waals surface area (Å²) >= 11 is 0. The number of nitriles is 1. The second-order valence-electron chi connectivity index (χ2n) is 10.5. The fourth-order valence-corrected chi connectivity index (χ4v) is 6.09. The number of methoxy groups -OCH3 is 1. The SMILES string of the molecule is C=CCC1(OC)CCC(n2c(=O)c(Cc3ccc(-c4ccccc4)c(C#N)c3)c(CCC)n3ncnc23)CC1. The molecule has 0 N–H and O–H groups in total. The second kappa shape index (κ2) is 11.4. The zero-order valence-corrected chi connectivity index (χ0v) is 22.8. The molecule has 0 bridgehead atoms. The van der Waals surface area contributed by atoms with Gasteiger partial charge in [-0.05, 0) is 61.3 Å². The third-order valence-electron chi connectivity index (χ3n) is 8.16. The number of aryl methyl sites for hydroxylation is 1. The van der Waals surface area contributed by atoms with E-state index < -0.39 is 0 Å². The monoisotopic (exact) mass is 521 g/mol. The van der Waals surface area contributed by atoms with E-state index in [1.807, 2.05) is 63.7 Å². The van der Waals surface area contributed by atoms with Gasteiger partial charge in [-0.1, -0.05) is 61.9 Å². The average Bonchev–Trinajstić information content (AvgIpc) is 3.45. The Kier molecular flexibility index (Phi) is 7.76. The molecule has 1 saturated carbocycles. The fraction of sp³-hybridized carbons (Fsp3) is 0.375. The Morgan fingerprint density at radius 1 is 1.21 bits per heavy atom. The van der Waals surface area contributed by atoms with Crippen LogP contribution in [0.15, 0.2) is 72.3 Å². The number of hydrogen-bond acceptors (Lipinski definition) is 5. The van der Waals surface area contributed by atoms with Crippen LogP contribution < -0.4 is 5.56 Å². The highest BCUT2D eigenvalue weighted by Gasteiger charge is 2.36. The molecule has 200 valence electrons. The van der Waals surface area contributed by atoms with Gasteiger partial charge in [-0.25, -0.2) is 4.52 Å². The molecule has 0 unspecified atom stereocenters. The van der Waals surface area contributed by atoms with Crippen molar-refractivity contribution in [1.82, 2.24) is 19.2 Å². The summed E-state index contributed by atoms with van der Waals surface area (Å²) in [5.74, 6) is 0.600. The topological polar surface area (TPSA) is 85.2 Å². The molecule has 0 radical (unpaired) electrons. The van der Waals surface area contributed by atoms with Crippen molar-refractivity contribution in [3.05, 3.63) is 100 Å². The van der Waals surface area contributed by atoms with Gasteiger partial charge in [-0.15, -0.1) is 6.58 Å². The summed E-state index contributed by atoms with van der Waals surface area (Å²) < 4.78 is 9.62. The van der Waals surface area contributed by atoms with Gasteiger partial charge < -0.3 is 4.74 Å². The molecule has 0 aliphatic heterocycles. The van der Waals surface area contributed by atoms with Crippen LogP contribution in [0.4, 0.5) is 0 Å². The highest BCUT2D eigenvalue weighted by molar-refractivity contribution is 5.71. The quantitative estimate of drug-likeness (QED) is 0.250. The van der Waals surface area contributed by atoms with Gasteiger partial charge in [0.15, 0.2) is 0 Å². The van der Waals surface area contributed by atoms with Crippen molar-refractivity contribution in [2.75, 3.05) is 7.11 Å². The van der Waals surface area contributed by atoms with Crippen molar-refractivity contribution in [2.24, 2.45) is 0 Å². The standard InChI is InChI=1S/C32H35N5O2/c1-4-9-29-28(20-23-12-13-27(25(19-23)21-33)24-10-7-6-8-11-24)30(38)36(31-34-22-35-37(29)31)26-14-17-32(39-3,16-5-2)18-15-26/h5-8,10-13,19,22,26H,2,4,9,14-18,20H2,1,3H3. The summed E-state index contributed by atoms with van der Waals surface area (Å²) in [6.45, 7) is 6.01. The van der Waals surface area contributed by atoms with E-state index in [4.69, 9.17) is 4.74 Å². The molecule has 2 heterocycles. The highest BCUT2D eigenvalue weighted by atomic mass is 16.5. The molecule has 0 atom stereocenters. The van der Waals surface area contributed by atoms with Crippen molar-refractivity contribution in [3.63, 3.8) is 0 Å². The number of rotatable bonds is 9. The zero-order valence-electron chi connectivity index (χ0n) is 22.8. The van der Waals surface area contributed by atoms with Crippen molar-refractivity contribution >= 4 is 5.78 Å². The molecule has 7 nitrogen and oxygen atoms in total. The van der Waals surface area contributed by atoms with Crippen molar-refractivity contribution in [1.29, 1.82) is 5.26 Å². The number of aromatic nitrogens is 4. The number of fused-ring (bicyclic) bond motifs is 1. The van der Waals surface area contributed by atoms with E-state index in [9.17, 15) is 10.1 Å². The molecule has 0 saturated heterocycles. The van der Waals surface area contributed by atoms with Crippen LogP contribution >= 0.6 is 0 Å². The Balaban J connectivity index is 1.57. The van der Waals surface area contributed by atoms with Crippen LogP contribution in [0.2, 0.25) is 0 Å². The maximum atomic E-state index is 14.2. The summed E-state index contributed by atoms with van der Waals surface area (Å²) in [4.78, 5) is 18.8. The molecule has 2 aromatic heterocycles. The number of hydrogen-bond donors (Lipinski definition) is 0. The lowest BCUT2D eigenvalue weighted by Gasteiger charge is -2.39. The van der Waals surface area contributed by atoms with Crippen molar-refractivity contribution in [2.45, 2.75) is 69.9 Å². The van der Waals surface area contributed by atoms with Gasteiger partial charge in [0, 0.05) is 25.1 Å². The van der Waals surface area contributed by atoms with E-state index in [1.54, 1.807) is 7.11 Å². The molecule has 39 heavy (non-hydrogen) atoms. The minimum atomic E-state index is -0.217. The summed E-state index contributed by atoms with van der Waals surface area (Å²) in [6.07, 6.45) is 9.63. The Labute approximate surface area is 229 Å². The molecule has 0 amide bonds. The minimum absolute atomic E-state index is 0.0109. The van der Waals surface area contributed by atoms with Gasteiger partial charge >= 0.3 is 0 Å².